The molecule has 0 bridgehead atoms. The zero-order chi connectivity index (χ0) is 13.5. The largest absolute Gasteiger partial charge is 0.550 e. The number of ketones is 1. The zero-order valence-electron chi connectivity index (χ0n) is 10.3. The van der Waals surface area contributed by atoms with Crippen molar-refractivity contribution in [3.63, 3.8) is 0 Å². The van der Waals surface area contributed by atoms with Crippen LogP contribution in [0.5, 0.6) is 0 Å². The van der Waals surface area contributed by atoms with E-state index < -0.39 is 29.6 Å². The predicted octanol–water partition coefficient (Wildman–Crippen LogP) is -0.578. The lowest BCUT2D eigenvalue weighted by Crippen LogP contribution is -2.50. The van der Waals surface area contributed by atoms with E-state index in [2.05, 4.69) is 0 Å². The minimum Gasteiger partial charge on any atom is -0.550 e. The van der Waals surface area contributed by atoms with E-state index >= 15 is 0 Å². The van der Waals surface area contributed by atoms with Crippen LogP contribution in [0.2, 0.25) is 0 Å². The Hall–Kier alpha value is -1.39. The first-order chi connectivity index (χ1) is 7.90. The second-order valence-electron chi connectivity index (χ2n) is 4.15. The Kier molecular flexibility index (Phi) is 6.46. The third-order valence-electron chi connectivity index (χ3n) is 2.98. The van der Waals surface area contributed by atoms with Crippen LogP contribution in [0.3, 0.4) is 0 Å². The first kappa shape index (κ1) is 15.6. The van der Waals surface area contributed by atoms with Gasteiger partial charge in [0.05, 0.1) is 11.4 Å². The standard InChI is InChI=1S/C12H20O5/c1-3-5-6-7-9(13)12(4-2,11(16)17)8-10(14)15/h3-8H2,1-2H3,(H,14,15)(H,16,17)/p-2. The van der Waals surface area contributed by atoms with Gasteiger partial charge in [-0.1, -0.05) is 26.7 Å². The van der Waals surface area contributed by atoms with Crippen LogP contribution in [-0.2, 0) is 14.4 Å². The summed E-state index contributed by atoms with van der Waals surface area (Å²) in [6, 6.07) is 0. The Morgan fingerprint density at radius 1 is 1.06 bits per heavy atom. The molecule has 5 heteroatoms. The van der Waals surface area contributed by atoms with Crippen LogP contribution in [0.1, 0.15) is 52.4 Å². The van der Waals surface area contributed by atoms with Gasteiger partial charge in [0.1, 0.15) is 5.78 Å². The van der Waals surface area contributed by atoms with E-state index in [0.717, 1.165) is 12.8 Å². The van der Waals surface area contributed by atoms with Gasteiger partial charge in [0.2, 0.25) is 0 Å². The highest BCUT2D eigenvalue weighted by Crippen LogP contribution is 2.29. The fourth-order valence-electron chi connectivity index (χ4n) is 1.77. The van der Waals surface area contributed by atoms with E-state index in [4.69, 9.17) is 0 Å². The van der Waals surface area contributed by atoms with Gasteiger partial charge in [-0.25, -0.2) is 0 Å². The third kappa shape index (κ3) is 4.17. The second kappa shape index (κ2) is 7.04. The molecule has 0 spiro atoms. The Balaban J connectivity index is 4.83. The van der Waals surface area contributed by atoms with E-state index in [0.29, 0.717) is 6.42 Å². The molecule has 17 heavy (non-hydrogen) atoms. The quantitative estimate of drug-likeness (QED) is 0.398. The van der Waals surface area contributed by atoms with Gasteiger partial charge in [-0.05, 0) is 12.8 Å². The molecule has 0 aromatic heterocycles. The fourth-order valence-corrected chi connectivity index (χ4v) is 1.77. The van der Waals surface area contributed by atoms with Crippen molar-refractivity contribution < 1.29 is 24.6 Å². The highest BCUT2D eigenvalue weighted by molar-refractivity contribution is 6.04. The van der Waals surface area contributed by atoms with E-state index in [1.54, 1.807) is 0 Å². The molecular formula is C12H18O5-2. The molecule has 0 aliphatic rings. The molecule has 0 aliphatic carbocycles. The second-order valence-corrected chi connectivity index (χ2v) is 4.15. The number of carboxylic acids is 2. The van der Waals surface area contributed by atoms with Crippen molar-refractivity contribution in [2.24, 2.45) is 5.41 Å². The SMILES string of the molecule is CCCCCC(=O)C(CC)(CC(=O)[O-])C(=O)[O-]. The average molecular weight is 242 g/mol. The van der Waals surface area contributed by atoms with E-state index in [1.165, 1.54) is 6.92 Å². The van der Waals surface area contributed by atoms with Gasteiger partial charge in [0.15, 0.2) is 0 Å². The van der Waals surface area contributed by atoms with Crippen molar-refractivity contribution in [3.8, 4) is 0 Å². The first-order valence-electron chi connectivity index (χ1n) is 5.85. The number of aliphatic carboxylic acids is 2. The summed E-state index contributed by atoms with van der Waals surface area (Å²) in [5, 5.41) is 21.6. The number of hydrogen-bond acceptors (Lipinski definition) is 5. The molecule has 0 rings (SSSR count). The Morgan fingerprint density at radius 2 is 1.65 bits per heavy atom. The summed E-state index contributed by atoms with van der Waals surface area (Å²) in [4.78, 5) is 33.4. The van der Waals surface area contributed by atoms with Crippen LogP contribution in [0.25, 0.3) is 0 Å². The van der Waals surface area contributed by atoms with Crippen LogP contribution in [0.15, 0.2) is 0 Å². The molecule has 98 valence electrons. The average Bonchev–Trinajstić information content (AvgIpc) is 2.25. The van der Waals surface area contributed by atoms with Gasteiger partial charge in [0, 0.05) is 18.8 Å². The molecule has 0 saturated carbocycles. The minimum absolute atomic E-state index is 0.0724. The summed E-state index contributed by atoms with van der Waals surface area (Å²) in [7, 11) is 0. The van der Waals surface area contributed by atoms with Gasteiger partial charge in [0.25, 0.3) is 0 Å². The van der Waals surface area contributed by atoms with Crippen molar-refractivity contribution in [1.82, 2.24) is 0 Å². The number of carbonyl (C=O) groups is 3. The molecule has 0 N–H and O–H groups in total. The maximum Gasteiger partial charge on any atom is 0.145 e. The third-order valence-corrected chi connectivity index (χ3v) is 2.98. The molecule has 0 aromatic carbocycles. The van der Waals surface area contributed by atoms with Gasteiger partial charge >= 0.3 is 0 Å². The summed E-state index contributed by atoms with van der Waals surface area (Å²) in [5.74, 6) is -3.73. The maximum absolute atomic E-state index is 11.8. The molecule has 0 radical (unpaired) electrons. The molecule has 1 atom stereocenters. The van der Waals surface area contributed by atoms with Crippen molar-refractivity contribution in [1.29, 1.82) is 0 Å². The summed E-state index contributed by atoms with van der Waals surface area (Å²) in [6.45, 7) is 3.42. The van der Waals surface area contributed by atoms with Crippen LogP contribution in [0, 0.1) is 5.41 Å². The number of hydrogen-bond donors (Lipinski definition) is 0. The van der Waals surface area contributed by atoms with Crippen LogP contribution in [0.4, 0.5) is 0 Å². The molecular weight excluding hydrogens is 224 g/mol. The Labute approximate surface area is 101 Å². The van der Waals surface area contributed by atoms with Crippen LogP contribution >= 0.6 is 0 Å². The van der Waals surface area contributed by atoms with E-state index in [-0.39, 0.29) is 12.8 Å². The monoisotopic (exact) mass is 242 g/mol. The van der Waals surface area contributed by atoms with Crippen LogP contribution in [-0.4, -0.2) is 17.7 Å². The molecule has 0 saturated heterocycles. The van der Waals surface area contributed by atoms with Crippen molar-refractivity contribution >= 4 is 17.7 Å². The molecule has 0 aromatic rings. The lowest BCUT2D eigenvalue weighted by Gasteiger charge is -2.32. The highest BCUT2D eigenvalue weighted by Gasteiger charge is 2.37. The Bertz CT molecular complexity index is 297. The first-order valence-corrected chi connectivity index (χ1v) is 5.85. The fraction of sp³-hybridized carbons (Fsp3) is 0.750. The molecule has 0 amide bonds. The number of carbonyl (C=O) groups excluding carboxylic acids is 3. The van der Waals surface area contributed by atoms with Crippen LogP contribution < -0.4 is 10.2 Å². The van der Waals surface area contributed by atoms with Gasteiger partial charge in [-0.15, -0.1) is 0 Å². The molecule has 0 aliphatic heterocycles. The van der Waals surface area contributed by atoms with Gasteiger partial charge in [-0.2, -0.15) is 0 Å². The maximum atomic E-state index is 11.8. The lowest BCUT2D eigenvalue weighted by atomic mass is 9.76. The highest BCUT2D eigenvalue weighted by atomic mass is 16.4. The summed E-state index contributed by atoms with van der Waals surface area (Å²) < 4.78 is 0. The summed E-state index contributed by atoms with van der Waals surface area (Å²) >= 11 is 0. The summed E-state index contributed by atoms with van der Waals surface area (Å²) in [5.41, 5.74) is -1.92. The van der Waals surface area contributed by atoms with Crippen molar-refractivity contribution in [3.05, 3.63) is 0 Å². The molecule has 0 fully saturated rings. The summed E-state index contributed by atoms with van der Waals surface area (Å²) in [6.07, 6.45) is 1.45. The van der Waals surface area contributed by atoms with Crippen molar-refractivity contribution in [2.75, 3.05) is 0 Å². The van der Waals surface area contributed by atoms with E-state index in [1.807, 2.05) is 6.92 Å². The smallest absolute Gasteiger partial charge is 0.145 e. The predicted molar refractivity (Wildman–Crippen MR) is 56.5 cm³/mol. The van der Waals surface area contributed by atoms with E-state index in [9.17, 15) is 24.6 Å². The van der Waals surface area contributed by atoms with Gasteiger partial charge < -0.3 is 19.8 Å². The lowest BCUT2D eigenvalue weighted by molar-refractivity contribution is -0.326. The number of Topliss-reactive ketones (excluding diaryl/α,β-unsaturated/α-hetero) is 1. The topological polar surface area (TPSA) is 97.3 Å². The number of unbranched alkanes of at least 4 members (excludes halogenated alkanes) is 2. The number of carboxylic acid groups (broad SMARTS) is 2. The molecule has 0 heterocycles. The zero-order valence-corrected chi connectivity index (χ0v) is 10.3. The molecule has 1 unspecified atom stereocenters. The minimum atomic E-state index is -1.92. The molecule has 5 nitrogen and oxygen atoms in total. The van der Waals surface area contributed by atoms with Crippen molar-refractivity contribution in [2.45, 2.75) is 52.4 Å². The number of rotatable bonds is 9. The normalized spacial score (nSPS) is 14.0. The Morgan fingerprint density at radius 3 is 2.00 bits per heavy atom. The van der Waals surface area contributed by atoms with Gasteiger partial charge in [-0.3, -0.25) is 4.79 Å².